The molecule has 1 amide bonds. The van der Waals surface area contributed by atoms with Crippen molar-refractivity contribution >= 4 is 23.7 Å². The van der Waals surface area contributed by atoms with Crippen molar-refractivity contribution in [2.45, 2.75) is 26.4 Å². The maximum absolute atomic E-state index is 11.9. The molecule has 0 aliphatic rings. The molecule has 0 radical (unpaired) electrons. The van der Waals surface area contributed by atoms with Gasteiger partial charge in [-0.1, -0.05) is 18.5 Å². The Labute approximate surface area is 175 Å². The first-order valence-corrected chi connectivity index (χ1v) is 9.47. The summed E-state index contributed by atoms with van der Waals surface area (Å²) in [5, 5.41) is 4.33. The van der Waals surface area contributed by atoms with Gasteiger partial charge in [-0.15, -0.1) is 0 Å². The number of nitrogens with one attached hydrogen (secondary N) is 1. The summed E-state index contributed by atoms with van der Waals surface area (Å²) in [4.78, 5) is 11.9. The molecule has 2 aromatic carbocycles. The van der Waals surface area contributed by atoms with Crippen LogP contribution in [0.3, 0.4) is 0 Å². The van der Waals surface area contributed by atoms with E-state index < -0.39 is 5.91 Å². The van der Waals surface area contributed by atoms with E-state index >= 15 is 0 Å². The minimum atomic E-state index is -0.396. The Kier molecular flexibility index (Phi) is 8.61. The molecule has 8 heteroatoms. The smallest absolute Gasteiger partial charge is 0.277 e. The summed E-state index contributed by atoms with van der Waals surface area (Å²) < 4.78 is 21.6. The molecule has 0 aliphatic carbocycles. The Bertz CT molecular complexity index is 840. The molecule has 0 aliphatic heterocycles. The van der Waals surface area contributed by atoms with Crippen LogP contribution in [0, 0.1) is 0 Å². The summed E-state index contributed by atoms with van der Waals surface area (Å²) in [6.45, 7) is 3.80. The normalized spacial score (nSPS) is 11.8. The van der Waals surface area contributed by atoms with Gasteiger partial charge in [0.05, 0.1) is 31.6 Å². The Balaban J connectivity index is 1.93. The molecule has 0 aromatic heterocycles. The van der Waals surface area contributed by atoms with Crippen molar-refractivity contribution in [2.75, 3.05) is 20.8 Å². The topological polar surface area (TPSA) is 78.4 Å². The Hall–Kier alpha value is -2.93. The van der Waals surface area contributed by atoms with E-state index in [1.54, 1.807) is 43.5 Å². The van der Waals surface area contributed by atoms with E-state index in [4.69, 9.17) is 30.5 Å². The minimum absolute atomic E-state index is 0.00547. The van der Waals surface area contributed by atoms with Gasteiger partial charge < -0.3 is 18.9 Å². The van der Waals surface area contributed by atoms with Crippen LogP contribution in [0.2, 0.25) is 5.02 Å². The van der Waals surface area contributed by atoms with E-state index in [1.165, 1.54) is 13.3 Å². The molecule has 1 N–H and O–H groups in total. The summed E-state index contributed by atoms with van der Waals surface area (Å²) in [6.07, 6.45) is 2.31. The molecule has 0 spiro atoms. The predicted octanol–water partition coefficient (Wildman–Crippen LogP) is 4.06. The second-order valence-corrected chi connectivity index (χ2v) is 6.54. The average Bonchev–Trinajstić information content (AvgIpc) is 2.74. The van der Waals surface area contributed by atoms with Crippen LogP contribution in [-0.2, 0) is 4.79 Å². The SMILES string of the molecule is CC[C@H](C)Oc1c(Cl)cc(/C=N/NC(=O)COc2ccc(OC)cc2)cc1OC. The van der Waals surface area contributed by atoms with Crippen LogP contribution in [0.5, 0.6) is 23.0 Å². The number of nitrogens with zero attached hydrogens (tertiary/aromatic N) is 1. The van der Waals surface area contributed by atoms with E-state index in [1.807, 2.05) is 13.8 Å². The lowest BCUT2D eigenvalue weighted by atomic mass is 10.2. The first-order valence-electron chi connectivity index (χ1n) is 9.09. The Morgan fingerprint density at radius 3 is 2.48 bits per heavy atom. The maximum atomic E-state index is 11.9. The van der Waals surface area contributed by atoms with Gasteiger partial charge in [0.2, 0.25) is 0 Å². The number of carbonyl (C=O) groups is 1. The number of halogens is 1. The molecule has 0 saturated heterocycles. The number of ether oxygens (including phenoxy) is 4. The minimum Gasteiger partial charge on any atom is -0.497 e. The lowest BCUT2D eigenvalue weighted by molar-refractivity contribution is -0.123. The number of benzene rings is 2. The van der Waals surface area contributed by atoms with Crippen LogP contribution >= 0.6 is 11.6 Å². The number of hydrogen-bond donors (Lipinski definition) is 1. The van der Waals surface area contributed by atoms with Gasteiger partial charge in [0.1, 0.15) is 11.5 Å². The van der Waals surface area contributed by atoms with E-state index in [-0.39, 0.29) is 12.7 Å². The number of hydrogen-bond acceptors (Lipinski definition) is 6. The van der Waals surface area contributed by atoms with Crippen LogP contribution in [0.1, 0.15) is 25.8 Å². The monoisotopic (exact) mass is 420 g/mol. The van der Waals surface area contributed by atoms with Gasteiger partial charge in [-0.25, -0.2) is 5.43 Å². The van der Waals surface area contributed by atoms with Gasteiger partial charge in [0.25, 0.3) is 5.91 Å². The van der Waals surface area contributed by atoms with Crippen LogP contribution in [0.25, 0.3) is 0 Å². The van der Waals surface area contributed by atoms with Crippen LogP contribution < -0.4 is 24.4 Å². The molecule has 2 rings (SSSR count). The molecule has 0 unspecified atom stereocenters. The Morgan fingerprint density at radius 1 is 1.17 bits per heavy atom. The number of methoxy groups -OCH3 is 2. The average molecular weight is 421 g/mol. The third kappa shape index (κ3) is 6.87. The zero-order valence-electron chi connectivity index (χ0n) is 16.9. The maximum Gasteiger partial charge on any atom is 0.277 e. The summed E-state index contributed by atoms with van der Waals surface area (Å²) in [5.74, 6) is 1.84. The molecule has 0 saturated carbocycles. The number of amides is 1. The summed E-state index contributed by atoms with van der Waals surface area (Å²) in [6, 6.07) is 10.3. The van der Waals surface area contributed by atoms with Gasteiger partial charge in [0, 0.05) is 0 Å². The largest absolute Gasteiger partial charge is 0.497 e. The second kappa shape index (κ2) is 11.2. The molecule has 0 heterocycles. The highest BCUT2D eigenvalue weighted by molar-refractivity contribution is 6.32. The van der Waals surface area contributed by atoms with Crippen molar-refractivity contribution in [2.24, 2.45) is 5.10 Å². The lowest BCUT2D eigenvalue weighted by Crippen LogP contribution is -2.24. The third-order valence-corrected chi connectivity index (χ3v) is 4.26. The van der Waals surface area contributed by atoms with E-state index in [9.17, 15) is 4.79 Å². The number of hydrazone groups is 1. The van der Waals surface area contributed by atoms with Gasteiger partial charge >= 0.3 is 0 Å². The molecular formula is C21H25ClN2O5. The molecule has 2 aromatic rings. The van der Waals surface area contributed by atoms with Crippen molar-refractivity contribution < 1.29 is 23.7 Å². The molecule has 7 nitrogen and oxygen atoms in total. The van der Waals surface area contributed by atoms with Gasteiger partial charge in [-0.05, 0) is 55.3 Å². The standard InChI is InChI=1S/C21H25ClN2O5/c1-5-14(2)29-21-18(22)10-15(11-19(21)27-4)12-23-24-20(25)13-28-17-8-6-16(26-3)7-9-17/h6-12,14H,5,13H2,1-4H3,(H,24,25)/b23-12+/t14-/m0/s1. The quantitative estimate of drug-likeness (QED) is 0.463. The van der Waals surface area contributed by atoms with Crippen molar-refractivity contribution in [3.63, 3.8) is 0 Å². The lowest BCUT2D eigenvalue weighted by Gasteiger charge is -2.17. The fourth-order valence-corrected chi connectivity index (χ4v) is 2.51. The third-order valence-electron chi connectivity index (χ3n) is 3.98. The molecule has 156 valence electrons. The molecule has 1 atom stereocenters. The van der Waals surface area contributed by atoms with Gasteiger partial charge in [0.15, 0.2) is 18.1 Å². The van der Waals surface area contributed by atoms with Crippen molar-refractivity contribution in [3.8, 4) is 23.0 Å². The highest BCUT2D eigenvalue weighted by Crippen LogP contribution is 2.37. The van der Waals surface area contributed by atoms with Crippen molar-refractivity contribution in [3.05, 3.63) is 47.0 Å². The zero-order valence-corrected chi connectivity index (χ0v) is 17.7. The summed E-state index contributed by atoms with van der Waals surface area (Å²) >= 11 is 6.31. The first-order chi connectivity index (χ1) is 14.0. The fourth-order valence-electron chi connectivity index (χ4n) is 2.25. The first kappa shape index (κ1) is 22.4. The highest BCUT2D eigenvalue weighted by Gasteiger charge is 2.14. The zero-order chi connectivity index (χ0) is 21.2. The summed E-state index contributed by atoms with van der Waals surface area (Å²) in [7, 11) is 3.12. The van der Waals surface area contributed by atoms with E-state index in [0.717, 1.165) is 6.42 Å². The second-order valence-electron chi connectivity index (χ2n) is 6.13. The van der Waals surface area contributed by atoms with E-state index in [0.29, 0.717) is 33.6 Å². The molecule has 0 fully saturated rings. The van der Waals surface area contributed by atoms with Gasteiger partial charge in [-0.3, -0.25) is 4.79 Å². The fraction of sp³-hybridized carbons (Fsp3) is 0.333. The van der Waals surface area contributed by atoms with Crippen LogP contribution in [0.15, 0.2) is 41.5 Å². The van der Waals surface area contributed by atoms with E-state index in [2.05, 4.69) is 10.5 Å². The van der Waals surface area contributed by atoms with Crippen molar-refractivity contribution in [1.82, 2.24) is 5.43 Å². The Morgan fingerprint density at radius 2 is 1.86 bits per heavy atom. The number of rotatable bonds is 10. The number of carbonyl (C=O) groups excluding carboxylic acids is 1. The van der Waals surface area contributed by atoms with Crippen LogP contribution in [0.4, 0.5) is 0 Å². The van der Waals surface area contributed by atoms with Crippen molar-refractivity contribution in [1.29, 1.82) is 0 Å². The predicted molar refractivity (Wildman–Crippen MR) is 113 cm³/mol. The van der Waals surface area contributed by atoms with Gasteiger partial charge in [-0.2, -0.15) is 5.10 Å². The molecular weight excluding hydrogens is 396 g/mol. The molecule has 0 bridgehead atoms. The summed E-state index contributed by atoms with van der Waals surface area (Å²) in [5.41, 5.74) is 3.06. The van der Waals surface area contributed by atoms with Crippen LogP contribution in [-0.4, -0.2) is 39.1 Å². The highest BCUT2D eigenvalue weighted by atomic mass is 35.5. The molecule has 29 heavy (non-hydrogen) atoms.